The summed E-state index contributed by atoms with van der Waals surface area (Å²) < 4.78 is 0. The van der Waals surface area contributed by atoms with Gasteiger partial charge in [0.1, 0.15) is 0 Å². The van der Waals surface area contributed by atoms with E-state index in [2.05, 4.69) is 195 Å². The third kappa shape index (κ3) is 19.9. The van der Waals surface area contributed by atoms with E-state index in [9.17, 15) is 0 Å². The number of unbranched alkanes of at least 4 members (excludes halogenated alkanes) is 34. The van der Waals surface area contributed by atoms with E-state index < -0.39 is 0 Å². The first kappa shape index (κ1) is 65.3. The molecular formula is C86H111N. The Labute approximate surface area is 530 Å². The maximum Gasteiger partial charge on any atom is 0.0462 e. The zero-order valence-electron chi connectivity index (χ0n) is 54.6. The number of hydrogen-bond acceptors (Lipinski definition) is 1. The van der Waals surface area contributed by atoms with Crippen molar-refractivity contribution in [3.8, 4) is 55.6 Å². The summed E-state index contributed by atoms with van der Waals surface area (Å²) in [5, 5.41) is 2.64. The van der Waals surface area contributed by atoms with Gasteiger partial charge in [0, 0.05) is 17.1 Å². The summed E-state index contributed by atoms with van der Waals surface area (Å²) in [5.41, 5.74) is 19.4. The summed E-state index contributed by atoms with van der Waals surface area (Å²) in [7, 11) is 0. The van der Waals surface area contributed by atoms with Gasteiger partial charge in [-0.15, -0.1) is 0 Å². The molecular weight excluding hydrogens is 1050 g/mol. The fourth-order valence-electron chi connectivity index (χ4n) is 14.3. The van der Waals surface area contributed by atoms with Gasteiger partial charge in [-0.25, -0.2) is 0 Å². The lowest BCUT2D eigenvalue weighted by Gasteiger charge is -2.26. The van der Waals surface area contributed by atoms with Crippen molar-refractivity contribution in [3.05, 3.63) is 187 Å². The van der Waals surface area contributed by atoms with Crippen LogP contribution < -0.4 is 4.90 Å². The monoisotopic (exact) mass is 1160 g/mol. The summed E-state index contributed by atoms with van der Waals surface area (Å²) in [6.45, 7) is 4.62. The van der Waals surface area contributed by atoms with E-state index in [-0.39, 0.29) is 0 Å². The highest BCUT2D eigenvalue weighted by Gasteiger charge is 2.30. The number of nitrogens with zero attached hydrogens (tertiary/aromatic N) is 1. The van der Waals surface area contributed by atoms with E-state index in [0.717, 1.165) is 12.8 Å². The summed E-state index contributed by atoms with van der Waals surface area (Å²) in [5.74, 6) is 0. The highest BCUT2D eigenvalue weighted by Crippen LogP contribution is 2.57. The second-order valence-corrected chi connectivity index (χ2v) is 26.3. The van der Waals surface area contributed by atoms with Crippen LogP contribution in [0.3, 0.4) is 0 Å². The van der Waals surface area contributed by atoms with E-state index >= 15 is 0 Å². The van der Waals surface area contributed by atoms with Crippen molar-refractivity contribution in [1.82, 2.24) is 0 Å². The Morgan fingerprint density at radius 3 is 0.908 bits per heavy atom. The molecule has 0 N–H and O–H groups in total. The highest BCUT2D eigenvalue weighted by molar-refractivity contribution is 6.24. The van der Waals surface area contributed by atoms with Gasteiger partial charge in [-0.05, 0) is 140 Å². The molecule has 0 aromatic heterocycles. The molecule has 0 spiro atoms. The molecule has 1 heteroatoms. The maximum absolute atomic E-state index is 2.48. The van der Waals surface area contributed by atoms with Crippen molar-refractivity contribution < 1.29 is 0 Å². The average molecular weight is 1160 g/mol. The standard InChI is InChI=1S/C86H111N/c1-3-5-7-9-11-13-15-17-19-21-23-25-27-29-31-33-35-39-46-70-54-61-76(62-55-70)87(77-63-56-71(57-64-77)47-40-36-34-32-30-28-26-24-22-20-18-16-14-12-10-8-6-4-2)78-65-58-74(59-66-78)80-67-60-75-52-45-53-82-83(75)85(80)86-81(73-50-43-38-44-51-73)69-68-79(84(82)86)72-48-41-37-42-49-72/h37-38,41-45,48-69H,3-36,39-40,46-47H2,1-2H3. The fraction of sp³-hybridized carbons (Fsp3) is 0.465. The summed E-state index contributed by atoms with van der Waals surface area (Å²) in [4.78, 5) is 2.48. The third-order valence-electron chi connectivity index (χ3n) is 19.4. The second kappa shape index (κ2) is 37.6. The van der Waals surface area contributed by atoms with Crippen molar-refractivity contribution in [2.24, 2.45) is 0 Å². The summed E-state index contributed by atoms with van der Waals surface area (Å²) in [6.07, 6.45) is 53.2. The molecule has 460 valence electrons. The van der Waals surface area contributed by atoms with Crippen LogP contribution in [0.15, 0.2) is 176 Å². The van der Waals surface area contributed by atoms with Gasteiger partial charge in [-0.3, -0.25) is 0 Å². The summed E-state index contributed by atoms with van der Waals surface area (Å²) in [6, 6.07) is 66.9. The number of hydrogen-bond donors (Lipinski definition) is 0. The fourth-order valence-corrected chi connectivity index (χ4v) is 14.3. The van der Waals surface area contributed by atoms with Gasteiger partial charge in [-0.1, -0.05) is 372 Å². The lowest BCUT2D eigenvalue weighted by Crippen LogP contribution is -2.10. The minimum Gasteiger partial charge on any atom is -0.311 e. The first-order valence-corrected chi connectivity index (χ1v) is 36.1. The quantitative estimate of drug-likeness (QED) is 0.0344. The first-order chi connectivity index (χ1) is 43.2. The molecule has 8 aromatic rings. The summed E-state index contributed by atoms with van der Waals surface area (Å²) >= 11 is 0. The minimum absolute atomic E-state index is 1.15. The molecule has 0 amide bonds. The molecule has 0 saturated heterocycles. The Morgan fingerprint density at radius 2 is 0.529 bits per heavy atom. The Morgan fingerprint density at radius 1 is 0.218 bits per heavy atom. The highest BCUT2D eigenvalue weighted by atomic mass is 15.1. The first-order valence-electron chi connectivity index (χ1n) is 36.1. The van der Waals surface area contributed by atoms with Crippen molar-refractivity contribution in [2.45, 2.75) is 258 Å². The molecule has 9 rings (SSSR count). The molecule has 0 bridgehead atoms. The molecule has 87 heavy (non-hydrogen) atoms. The molecule has 0 heterocycles. The lowest BCUT2D eigenvalue weighted by molar-refractivity contribution is 0.525. The van der Waals surface area contributed by atoms with Gasteiger partial charge in [0.2, 0.25) is 0 Å². The van der Waals surface area contributed by atoms with Gasteiger partial charge >= 0.3 is 0 Å². The van der Waals surface area contributed by atoms with Crippen LogP contribution >= 0.6 is 0 Å². The molecule has 0 unspecified atom stereocenters. The van der Waals surface area contributed by atoms with Crippen LogP contribution in [0.1, 0.15) is 256 Å². The SMILES string of the molecule is CCCCCCCCCCCCCCCCCCCCc1ccc(N(c2ccc(CCCCCCCCCCCCCCCCCCCC)cc2)c2ccc(-c3ccc4cccc5c4c3-c3c(-c4ccccc4)ccc(-c4ccccc4)c3-5)cc2)cc1. The number of aryl methyl sites for hydroxylation is 2. The largest absolute Gasteiger partial charge is 0.311 e. The molecule has 0 saturated carbocycles. The topological polar surface area (TPSA) is 3.24 Å². The van der Waals surface area contributed by atoms with Crippen molar-refractivity contribution >= 4 is 27.8 Å². The molecule has 1 nitrogen and oxygen atoms in total. The Bertz CT molecular complexity index is 3060. The molecule has 0 fully saturated rings. The van der Waals surface area contributed by atoms with Crippen LogP contribution in [0, 0.1) is 0 Å². The van der Waals surface area contributed by atoms with Crippen LogP contribution in [0.5, 0.6) is 0 Å². The van der Waals surface area contributed by atoms with E-state index in [1.807, 2.05) is 0 Å². The predicted octanol–water partition coefficient (Wildman–Crippen LogP) is 28.1. The molecule has 1 aliphatic carbocycles. The molecule has 8 aromatic carbocycles. The van der Waals surface area contributed by atoms with E-state index in [0.29, 0.717) is 0 Å². The smallest absolute Gasteiger partial charge is 0.0462 e. The van der Waals surface area contributed by atoms with Crippen molar-refractivity contribution in [2.75, 3.05) is 4.90 Å². The number of rotatable bonds is 44. The van der Waals surface area contributed by atoms with Crippen LogP contribution in [-0.4, -0.2) is 0 Å². The van der Waals surface area contributed by atoms with Crippen LogP contribution in [-0.2, 0) is 12.8 Å². The van der Waals surface area contributed by atoms with Crippen LogP contribution in [0.4, 0.5) is 17.1 Å². The van der Waals surface area contributed by atoms with Gasteiger partial charge in [-0.2, -0.15) is 0 Å². The predicted molar refractivity (Wildman–Crippen MR) is 384 cm³/mol. The van der Waals surface area contributed by atoms with Gasteiger partial charge < -0.3 is 4.90 Å². The molecule has 0 aliphatic heterocycles. The van der Waals surface area contributed by atoms with Crippen molar-refractivity contribution in [3.63, 3.8) is 0 Å². The zero-order chi connectivity index (χ0) is 59.8. The van der Waals surface area contributed by atoms with Gasteiger partial charge in [0.15, 0.2) is 0 Å². The second-order valence-electron chi connectivity index (χ2n) is 26.3. The van der Waals surface area contributed by atoms with Crippen molar-refractivity contribution in [1.29, 1.82) is 0 Å². The zero-order valence-corrected chi connectivity index (χ0v) is 54.6. The van der Waals surface area contributed by atoms with Gasteiger partial charge in [0.25, 0.3) is 0 Å². The lowest BCUT2D eigenvalue weighted by atomic mass is 9.86. The number of anilines is 3. The average Bonchev–Trinajstić information content (AvgIpc) is 3.01. The van der Waals surface area contributed by atoms with Gasteiger partial charge in [0.05, 0.1) is 0 Å². The number of fused-ring (bicyclic) bond motifs is 3. The number of benzene rings is 8. The molecule has 0 atom stereocenters. The minimum atomic E-state index is 1.15. The normalized spacial score (nSPS) is 11.7. The Hall–Kier alpha value is -6.18. The Balaban J connectivity index is 0.823. The van der Waals surface area contributed by atoms with Crippen LogP contribution in [0.2, 0.25) is 0 Å². The molecule has 1 aliphatic rings. The maximum atomic E-state index is 2.48. The van der Waals surface area contributed by atoms with E-state index in [4.69, 9.17) is 0 Å². The Kier molecular flexibility index (Phi) is 28.2. The van der Waals surface area contributed by atoms with E-state index in [1.165, 1.54) is 326 Å². The third-order valence-corrected chi connectivity index (χ3v) is 19.4. The molecule has 0 radical (unpaired) electrons. The van der Waals surface area contributed by atoms with Crippen LogP contribution in [0.25, 0.3) is 66.4 Å². The van der Waals surface area contributed by atoms with E-state index in [1.54, 1.807) is 0 Å².